The van der Waals surface area contributed by atoms with Gasteiger partial charge in [-0.25, -0.2) is 0 Å². The van der Waals surface area contributed by atoms with Crippen LogP contribution in [-0.4, -0.2) is 52.0 Å². The van der Waals surface area contributed by atoms with E-state index in [9.17, 15) is 5.11 Å². The summed E-state index contributed by atoms with van der Waals surface area (Å²) in [6, 6.07) is 0. The molecule has 3 atom stereocenters. The zero-order valence-corrected chi connectivity index (χ0v) is 6.42. The third-order valence-electron chi connectivity index (χ3n) is 1.73. The van der Waals surface area contributed by atoms with Gasteiger partial charge in [0.15, 0.2) is 0 Å². The van der Waals surface area contributed by atoms with Crippen LogP contribution in [0.5, 0.6) is 0 Å². The molecule has 0 spiro atoms. The summed E-state index contributed by atoms with van der Waals surface area (Å²) in [5.41, 5.74) is 0. The van der Waals surface area contributed by atoms with Crippen molar-refractivity contribution < 1.29 is 25.2 Å². The van der Waals surface area contributed by atoms with Gasteiger partial charge in [0.05, 0.1) is 6.61 Å². The van der Waals surface area contributed by atoms with Crippen molar-refractivity contribution in [1.29, 1.82) is 0 Å². The van der Waals surface area contributed by atoms with Crippen molar-refractivity contribution in [2.75, 3.05) is 13.2 Å². The maximum atomic E-state index is 9.19. The van der Waals surface area contributed by atoms with Gasteiger partial charge in [-0.3, -0.25) is 0 Å². The lowest BCUT2D eigenvalue weighted by Gasteiger charge is -2.30. The second-order valence-electron chi connectivity index (χ2n) is 2.61. The summed E-state index contributed by atoms with van der Waals surface area (Å²) in [5, 5.41) is 35.7. The second kappa shape index (κ2) is 3.86. The molecule has 0 radical (unpaired) electrons. The Hall–Kier alpha value is -0.620. The van der Waals surface area contributed by atoms with E-state index < -0.39 is 24.9 Å². The topological polar surface area (TPSA) is 90.2 Å². The minimum absolute atomic E-state index is 0.173. The molecule has 0 amide bonds. The molecule has 0 aromatic rings. The molecule has 5 heteroatoms. The molecule has 0 aromatic heterocycles. The van der Waals surface area contributed by atoms with Gasteiger partial charge in [-0.05, 0) is 6.08 Å². The normalized spacial score (nSPS) is 35.7. The lowest BCUT2D eigenvalue weighted by molar-refractivity contribution is -0.0958. The third-order valence-corrected chi connectivity index (χ3v) is 1.73. The lowest BCUT2D eigenvalue weighted by atomic mass is 10.1. The molecule has 1 aliphatic heterocycles. The van der Waals surface area contributed by atoms with E-state index in [0.717, 1.165) is 0 Å². The van der Waals surface area contributed by atoms with Gasteiger partial charge in [0, 0.05) is 0 Å². The predicted octanol–water partition coefficient (Wildman–Crippen LogP) is -2.02. The third kappa shape index (κ3) is 1.75. The molecule has 0 aliphatic carbocycles. The molecule has 0 fully saturated rings. The highest BCUT2D eigenvalue weighted by Gasteiger charge is 2.31. The minimum Gasteiger partial charge on any atom is -0.487 e. The fourth-order valence-electron chi connectivity index (χ4n) is 1.05. The Bertz CT molecular complexity index is 179. The van der Waals surface area contributed by atoms with Gasteiger partial charge < -0.3 is 25.2 Å². The minimum atomic E-state index is -1.13. The van der Waals surface area contributed by atoms with Crippen molar-refractivity contribution in [3.63, 3.8) is 0 Å². The molecule has 70 valence electrons. The Morgan fingerprint density at radius 3 is 2.50 bits per heavy atom. The van der Waals surface area contributed by atoms with Crippen LogP contribution in [0.15, 0.2) is 11.8 Å². The van der Waals surface area contributed by atoms with E-state index in [1.165, 1.54) is 6.08 Å². The molecular formula is C7H12O5. The van der Waals surface area contributed by atoms with Gasteiger partial charge in [-0.1, -0.05) is 0 Å². The number of rotatable bonds is 2. The number of hydrogen-bond acceptors (Lipinski definition) is 5. The summed E-state index contributed by atoms with van der Waals surface area (Å²) in [6.45, 7) is -0.740. The monoisotopic (exact) mass is 176 g/mol. The summed E-state index contributed by atoms with van der Waals surface area (Å²) < 4.78 is 4.92. The van der Waals surface area contributed by atoms with Crippen molar-refractivity contribution in [1.82, 2.24) is 0 Å². The van der Waals surface area contributed by atoms with E-state index >= 15 is 0 Å². The van der Waals surface area contributed by atoms with Crippen LogP contribution < -0.4 is 0 Å². The van der Waals surface area contributed by atoms with Gasteiger partial charge >= 0.3 is 0 Å². The van der Waals surface area contributed by atoms with Crippen molar-refractivity contribution in [3.8, 4) is 0 Å². The van der Waals surface area contributed by atoms with E-state index in [1.54, 1.807) is 0 Å². The van der Waals surface area contributed by atoms with Gasteiger partial charge in [-0.15, -0.1) is 0 Å². The summed E-state index contributed by atoms with van der Waals surface area (Å²) in [4.78, 5) is 0. The fraction of sp³-hybridized carbons (Fsp3) is 0.714. The van der Waals surface area contributed by atoms with Gasteiger partial charge in [0.1, 0.15) is 30.7 Å². The fourth-order valence-corrected chi connectivity index (χ4v) is 1.05. The Morgan fingerprint density at radius 1 is 1.33 bits per heavy atom. The van der Waals surface area contributed by atoms with Crippen LogP contribution in [0.3, 0.4) is 0 Å². The van der Waals surface area contributed by atoms with Crippen molar-refractivity contribution in [2.24, 2.45) is 0 Å². The first-order valence-electron chi connectivity index (χ1n) is 3.64. The molecule has 1 rings (SSSR count). The van der Waals surface area contributed by atoms with E-state index in [1.807, 2.05) is 0 Å². The van der Waals surface area contributed by atoms with Crippen LogP contribution in [0.2, 0.25) is 0 Å². The molecule has 0 aromatic carbocycles. The SMILES string of the molecule is OCC1=C[C@@H](O)[C@H](O)[C@@H](CO)O1. The first-order chi connectivity index (χ1) is 5.69. The summed E-state index contributed by atoms with van der Waals surface area (Å²) in [5.74, 6) is 0.173. The molecular weight excluding hydrogens is 164 g/mol. The molecule has 5 nitrogen and oxygen atoms in total. The molecule has 1 aliphatic rings. The Balaban J connectivity index is 2.68. The standard InChI is InChI=1S/C7H12O5/c8-2-4-1-5(10)7(11)6(3-9)12-4/h1,5-11H,2-3H2/t5-,6-,7+/m1/s1. The van der Waals surface area contributed by atoms with Crippen molar-refractivity contribution in [2.45, 2.75) is 18.3 Å². The van der Waals surface area contributed by atoms with Crippen LogP contribution in [0.1, 0.15) is 0 Å². The number of aliphatic hydroxyl groups is 4. The van der Waals surface area contributed by atoms with Gasteiger partial charge in [-0.2, -0.15) is 0 Å². The predicted molar refractivity (Wildman–Crippen MR) is 39.1 cm³/mol. The summed E-state index contributed by atoms with van der Waals surface area (Å²) >= 11 is 0. The van der Waals surface area contributed by atoms with Gasteiger partial charge in [0.2, 0.25) is 0 Å². The summed E-state index contributed by atoms with van der Waals surface area (Å²) in [6.07, 6.45) is -1.85. The van der Waals surface area contributed by atoms with Crippen molar-refractivity contribution in [3.05, 3.63) is 11.8 Å². The van der Waals surface area contributed by atoms with E-state index in [4.69, 9.17) is 20.1 Å². The molecule has 1 heterocycles. The number of ether oxygens (including phenoxy) is 1. The molecule has 0 saturated carbocycles. The highest BCUT2D eigenvalue weighted by Crippen LogP contribution is 2.17. The zero-order chi connectivity index (χ0) is 9.14. The zero-order valence-electron chi connectivity index (χ0n) is 6.42. The highest BCUT2D eigenvalue weighted by molar-refractivity contribution is 5.06. The van der Waals surface area contributed by atoms with Crippen LogP contribution in [-0.2, 0) is 4.74 Å². The molecule has 0 bridgehead atoms. The van der Waals surface area contributed by atoms with E-state index in [-0.39, 0.29) is 12.4 Å². The molecule has 0 unspecified atom stereocenters. The Labute approximate surface area is 69.5 Å². The smallest absolute Gasteiger partial charge is 0.150 e. The van der Waals surface area contributed by atoms with E-state index in [0.29, 0.717) is 0 Å². The maximum absolute atomic E-state index is 9.19. The lowest BCUT2D eigenvalue weighted by Crippen LogP contribution is -2.44. The number of hydrogen-bond donors (Lipinski definition) is 4. The Morgan fingerprint density at radius 2 is 2.00 bits per heavy atom. The van der Waals surface area contributed by atoms with Crippen LogP contribution in [0, 0.1) is 0 Å². The average molecular weight is 176 g/mol. The average Bonchev–Trinajstić information content (AvgIpc) is 2.09. The maximum Gasteiger partial charge on any atom is 0.150 e. The second-order valence-corrected chi connectivity index (χ2v) is 2.61. The van der Waals surface area contributed by atoms with Crippen LogP contribution in [0.25, 0.3) is 0 Å². The molecule has 12 heavy (non-hydrogen) atoms. The quantitative estimate of drug-likeness (QED) is 0.390. The largest absolute Gasteiger partial charge is 0.487 e. The van der Waals surface area contributed by atoms with Crippen LogP contribution >= 0.6 is 0 Å². The summed E-state index contributed by atoms with van der Waals surface area (Å²) in [7, 11) is 0. The first kappa shape index (κ1) is 9.47. The Kier molecular flexibility index (Phi) is 3.05. The van der Waals surface area contributed by atoms with E-state index in [2.05, 4.69) is 0 Å². The number of aliphatic hydroxyl groups excluding tert-OH is 4. The van der Waals surface area contributed by atoms with Crippen LogP contribution in [0.4, 0.5) is 0 Å². The van der Waals surface area contributed by atoms with Gasteiger partial charge in [0.25, 0.3) is 0 Å². The highest BCUT2D eigenvalue weighted by atomic mass is 16.5. The molecule has 0 saturated heterocycles. The van der Waals surface area contributed by atoms with Crippen molar-refractivity contribution >= 4 is 0 Å². The first-order valence-corrected chi connectivity index (χ1v) is 3.64. The molecule has 4 N–H and O–H groups in total.